The van der Waals surface area contributed by atoms with Crippen molar-refractivity contribution >= 4 is 5.76 Å². The Bertz CT molecular complexity index is 473. The third-order valence-electron chi connectivity index (χ3n) is 2.87. The van der Waals surface area contributed by atoms with Crippen molar-refractivity contribution in [1.82, 2.24) is 0 Å². The van der Waals surface area contributed by atoms with Crippen LogP contribution in [-0.2, 0) is 9.78 Å². The molecule has 0 aliphatic carbocycles. The molecule has 0 saturated heterocycles. The molecule has 110 valence electrons. The third kappa shape index (κ3) is 4.65. The molecule has 0 saturated carbocycles. The van der Waals surface area contributed by atoms with E-state index in [2.05, 4.69) is 13.8 Å². The predicted octanol–water partition coefficient (Wildman–Crippen LogP) is 5.14. The van der Waals surface area contributed by atoms with Crippen molar-refractivity contribution in [2.45, 2.75) is 46.5 Å². The molecule has 0 unspecified atom stereocenters. The first-order chi connectivity index (χ1) is 9.60. The number of phenolic OH excluding ortho intramolecular Hbond substituents is 1. The van der Waals surface area contributed by atoms with Gasteiger partial charge in [0, 0.05) is 0 Å². The van der Waals surface area contributed by atoms with Gasteiger partial charge in [-0.25, -0.2) is 0 Å². The van der Waals surface area contributed by atoms with Gasteiger partial charge in [-0.15, -0.1) is 0 Å². The van der Waals surface area contributed by atoms with Crippen molar-refractivity contribution in [1.29, 1.82) is 0 Å². The average Bonchev–Trinajstić information content (AvgIpc) is 2.42. The summed E-state index contributed by atoms with van der Waals surface area (Å²) in [5, 5.41) is 10.1. The van der Waals surface area contributed by atoms with Crippen LogP contribution in [0.5, 0.6) is 5.75 Å². The van der Waals surface area contributed by atoms with Crippen LogP contribution in [0.25, 0.3) is 5.76 Å². The maximum atomic E-state index is 10.1. The minimum atomic E-state index is 0.207. The summed E-state index contributed by atoms with van der Waals surface area (Å²) >= 11 is 0. The molecule has 0 aliphatic rings. The zero-order valence-electron chi connectivity index (χ0n) is 12.7. The van der Waals surface area contributed by atoms with Crippen LogP contribution in [0.15, 0.2) is 36.6 Å². The monoisotopic (exact) mass is 276 g/mol. The summed E-state index contributed by atoms with van der Waals surface area (Å²) in [5.41, 5.74) is 1.73. The molecule has 0 amide bonds. The van der Waals surface area contributed by atoms with Gasteiger partial charge in [0.1, 0.15) is 12.0 Å². The molecule has 1 N–H and O–H groups in total. The molecule has 0 fully saturated rings. The van der Waals surface area contributed by atoms with Crippen molar-refractivity contribution in [2.24, 2.45) is 0 Å². The van der Waals surface area contributed by atoms with Gasteiger partial charge in [0.2, 0.25) is 0 Å². The smallest absolute Gasteiger partial charge is 0.185 e. The zero-order chi connectivity index (χ0) is 15.0. The van der Waals surface area contributed by atoms with Gasteiger partial charge < -0.3 is 5.11 Å². The van der Waals surface area contributed by atoms with Gasteiger partial charge >= 0.3 is 0 Å². The number of phenols is 1. The number of hydrogen-bond donors (Lipinski definition) is 1. The standard InChI is InChI=1S/C17H24O3/c1-5-7-11-19-20-17(8-6-2)15-10-9-14(13(3)4)12-16(15)18/h7-13,18H,5-6H2,1-4H3/b11-7+,17-8-. The van der Waals surface area contributed by atoms with Crippen molar-refractivity contribution in [3.8, 4) is 5.75 Å². The van der Waals surface area contributed by atoms with Crippen LogP contribution in [-0.4, -0.2) is 5.11 Å². The number of allylic oxidation sites excluding steroid dienone is 2. The van der Waals surface area contributed by atoms with E-state index >= 15 is 0 Å². The Kier molecular flexibility index (Phi) is 6.71. The molecule has 1 aromatic carbocycles. The van der Waals surface area contributed by atoms with Crippen LogP contribution >= 0.6 is 0 Å². The fraction of sp³-hybridized carbons (Fsp3) is 0.412. The lowest BCUT2D eigenvalue weighted by Crippen LogP contribution is -1.94. The largest absolute Gasteiger partial charge is 0.507 e. The van der Waals surface area contributed by atoms with Crippen molar-refractivity contribution in [3.05, 3.63) is 47.7 Å². The molecule has 0 aliphatic heterocycles. The van der Waals surface area contributed by atoms with Gasteiger partial charge in [0.15, 0.2) is 5.76 Å². The molecule has 0 heterocycles. The van der Waals surface area contributed by atoms with Crippen LogP contribution < -0.4 is 0 Å². The van der Waals surface area contributed by atoms with Crippen LogP contribution in [0.1, 0.15) is 57.6 Å². The minimum Gasteiger partial charge on any atom is -0.507 e. The van der Waals surface area contributed by atoms with Gasteiger partial charge in [-0.2, -0.15) is 0 Å². The second-order valence-electron chi connectivity index (χ2n) is 4.87. The Hall–Kier alpha value is -1.90. The maximum absolute atomic E-state index is 10.1. The van der Waals surface area contributed by atoms with E-state index in [-0.39, 0.29) is 5.75 Å². The molecule has 3 heteroatoms. The highest BCUT2D eigenvalue weighted by molar-refractivity contribution is 5.65. The highest BCUT2D eigenvalue weighted by atomic mass is 17.2. The second kappa shape index (κ2) is 8.31. The molecule has 0 atom stereocenters. The molecule has 20 heavy (non-hydrogen) atoms. The first kappa shape index (κ1) is 16.2. The molecule has 0 radical (unpaired) electrons. The fourth-order valence-electron chi connectivity index (χ4n) is 1.71. The Labute approximate surface area is 121 Å². The number of hydrogen-bond acceptors (Lipinski definition) is 3. The van der Waals surface area contributed by atoms with Crippen LogP contribution in [0.2, 0.25) is 0 Å². The summed E-state index contributed by atoms with van der Waals surface area (Å²) in [6.07, 6.45) is 6.91. The number of rotatable bonds is 7. The Morgan fingerprint density at radius 1 is 1.25 bits per heavy atom. The van der Waals surface area contributed by atoms with Crippen molar-refractivity contribution in [2.75, 3.05) is 0 Å². The lowest BCUT2D eigenvalue weighted by molar-refractivity contribution is -0.180. The quantitative estimate of drug-likeness (QED) is 0.426. The van der Waals surface area contributed by atoms with Crippen molar-refractivity contribution in [3.63, 3.8) is 0 Å². The van der Waals surface area contributed by atoms with Gasteiger partial charge in [-0.05, 0) is 48.6 Å². The summed E-state index contributed by atoms with van der Waals surface area (Å²) in [7, 11) is 0. The molecule has 1 aromatic rings. The summed E-state index contributed by atoms with van der Waals surface area (Å²) in [6, 6.07) is 5.63. The van der Waals surface area contributed by atoms with Gasteiger partial charge in [-0.1, -0.05) is 33.8 Å². The zero-order valence-corrected chi connectivity index (χ0v) is 12.7. The highest BCUT2D eigenvalue weighted by Crippen LogP contribution is 2.30. The lowest BCUT2D eigenvalue weighted by Gasteiger charge is -2.12. The summed E-state index contributed by atoms with van der Waals surface area (Å²) < 4.78 is 0. The minimum absolute atomic E-state index is 0.207. The first-order valence-electron chi connectivity index (χ1n) is 7.11. The molecular formula is C17H24O3. The van der Waals surface area contributed by atoms with E-state index in [1.807, 2.05) is 38.1 Å². The second-order valence-corrected chi connectivity index (χ2v) is 4.87. The van der Waals surface area contributed by atoms with E-state index < -0.39 is 0 Å². The molecule has 3 nitrogen and oxygen atoms in total. The summed E-state index contributed by atoms with van der Waals surface area (Å²) in [4.78, 5) is 10.3. The Morgan fingerprint density at radius 2 is 2.00 bits per heavy atom. The Balaban J connectivity index is 2.92. The molecule has 0 spiro atoms. The van der Waals surface area contributed by atoms with Crippen LogP contribution in [0, 0.1) is 0 Å². The molecule has 0 aromatic heterocycles. The normalized spacial score (nSPS) is 12.2. The van der Waals surface area contributed by atoms with Gasteiger partial charge in [0.05, 0.1) is 5.56 Å². The van der Waals surface area contributed by atoms with E-state index in [1.165, 1.54) is 6.26 Å². The topological polar surface area (TPSA) is 38.7 Å². The lowest BCUT2D eigenvalue weighted by atomic mass is 10.00. The molecule has 1 rings (SSSR count). The van der Waals surface area contributed by atoms with E-state index in [0.29, 0.717) is 17.2 Å². The van der Waals surface area contributed by atoms with Crippen LogP contribution in [0.4, 0.5) is 0 Å². The maximum Gasteiger partial charge on any atom is 0.185 e. The van der Waals surface area contributed by atoms with E-state index in [4.69, 9.17) is 9.78 Å². The average molecular weight is 276 g/mol. The number of aromatic hydroxyl groups is 1. The summed E-state index contributed by atoms with van der Waals surface area (Å²) in [6.45, 7) is 8.20. The van der Waals surface area contributed by atoms with Gasteiger partial charge in [0.25, 0.3) is 0 Å². The summed E-state index contributed by atoms with van der Waals surface area (Å²) in [5.74, 6) is 1.11. The van der Waals surface area contributed by atoms with Gasteiger partial charge in [-0.3, -0.25) is 9.78 Å². The predicted molar refractivity (Wildman–Crippen MR) is 82.1 cm³/mol. The Morgan fingerprint density at radius 3 is 2.55 bits per heavy atom. The van der Waals surface area contributed by atoms with E-state index in [9.17, 15) is 5.11 Å². The number of benzene rings is 1. The SMILES string of the molecule is CC/C=C(\OO/C=C/CC)c1ccc(C(C)C)cc1O. The van der Waals surface area contributed by atoms with E-state index in [1.54, 1.807) is 6.07 Å². The fourth-order valence-corrected chi connectivity index (χ4v) is 1.71. The molecular weight excluding hydrogens is 252 g/mol. The van der Waals surface area contributed by atoms with Crippen LogP contribution in [0.3, 0.4) is 0 Å². The molecule has 0 bridgehead atoms. The highest BCUT2D eigenvalue weighted by Gasteiger charge is 2.11. The first-order valence-corrected chi connectivity index (χ1v) is 7.11. The van der Waals surface area contributed by atoms with Crippen molar-refractivity contribution < 1.29 is 14.9 Å². The third-order valence-corrected chi connectivity index (χ3v) is 2.87. The van der Waals surface area contributed by atoms with E-state index in [0.717, 1.165) is 18.4 Å².